The van der Waals surface area contributed by atoms with Crippen molar-refractivity contribution in [1.82, 2.24) is 15.1 Å². The first kappa shape index (κ1) is 29.7. The van der Waals surface area contributed by atoms with Crippen LogP contribution < -0.4 is 11.1 Å². The lowest BCUT2D eigenvalue weighted by Crippen LogP contribution is -2.63. The molecule has 12 nitrogen and oxygen atoms in total. The van der Waals surface area contributed by atoms with Gasteiger partial charge in [-0.05, 0) is 51.8 Å². The minimum absolute atomic E-state index is 0.0312. The molecule has 4 atom stereocenters. The summed E-state index contributed by atoms with van der Waals surface area (Å²) < 4.78 is 16.0. The zero-order valence-corrected chi connectivity index (χ0v) is 23.6. The second-order valence-electron chi connectivity index (χ2n) is 11.9. The number of carbonyl (C=O) groups excluding carboxylic acids is 4. The van der Waals surface area contributed by atoms with Crippen molar-refractivity contribution in [2.45, 2.75) is 56.8 Å². The molecular formula is C29H35FN4O8. The van der Waals surface area contributed by atoms with Crippen molar-refractivity contribution in [2.24, 2.45) is 17.6 Å². The standard InChI is InChI=1S/C29H35FN4O8/c1-12(35)32-15-4-6-34(7-5-15)11-14-10-18(36)20-16(22(14)30)8-13-9-17-23(33(2)3)25(38)21(28(31)41)27(40)29(17,42)26(39)19(13)24(20)37/h10,13,15,17,23,36,38-39,42H,4-9,11H2,1-3H3,(H2,31,41)(H,32,35)/t13-,17-,23-,29-/m0/s1. The molecule has 0 bridgehead atoms. The van der Waals surface area contributed by atoms with Crippen molar-refractivity contribution in [3.63, 3.8) is 0 Å². The van der Waals surface area contributed by atoms with Crippen LogP contribution in [-0.4, -0.2) is 98.5 Å². The number of aromatic hydroxyl groups is 1. The van der Waals surface area contributed by atoms with E-state index in [1.807, 2.05) is 4.90 Å². The average molecular weight is 587 g/mol. The molecule has 0 saturated carbocycles. The van der Waals surface area contributed by atoms with Crippen LogP contribution in [0.1, 0.15) is 47.7 Å². The Morgan fingerprint density at radius 3 is 2.40 bits per heavy atom. The number of aliphatic hydroxyl groups is 3. The maximum absolute atomic E-state index is 16.0. The Balaban J connectivity index is 1.52. The van der Waals surface area contributed by atoms with Gasteiger partial charge in [0, 0.05) is 55.2 Å². The molecule has 1 aromatic carbocycles. The van der Waals surface area contributed by atoms with Crippen LogP contribution in [0.25, 0.3) is 0 Å². The predicted molar refractivity (Wildman–Crippen MR) is 146 cm³/mol. The molecule has 0 spiro atoms. The highest BCUT2D eigenvalue weighted by atomic mass is 19.1. The fourth-order valence-electron chi connectivity index (χ4n) is 7.23. The molecule has 1 aromatic rings. The summed E-state index contributed by atoms with van der Waals surface area (Å²) >= 11 is 0. The Morgan fingerprint density at radius 1 is 1.19 bits per heavy atom. The van der Waals surface area contributed by atoms with Crippen LogP contribution in [0.5, 0.6) is 5.75 Å². The van der Waals surface area contributed by atoms with E-state index in [2.05, 4.69) is 5.32 Å². The number of piperidine rings is 1. The van der Waals surface area contributed by atoms with Gasteiger partial charge in [0.1, 0.15) is 28.7 Å². The summed E-state index contributed by atoms with van der Waals surface area (Å²) in [4.78, 5) is 53.9. The third-order valence-corrected chi connectivity index (χ3v) is 9.12. The van der Waals surface area contributed by atoms with Crippen molar-refractivity contribution in [1.29, 1.82) is 0 Å². The third-order valence-electron chi connectivity index (χ3n) is 9.12. The minimum atomic E-state index is -2.75. The van der Waals surface area contributed by atoms with Gasteiger partial charge in [0.2, 0.25) is 11.7 Å². The summed E-state index contributed by atoms with van der Waals surface area (Å²) in [6, 6.07) is 0.0803. The number of carbonyl (C=O) groups is 4. The van der Waals surface area contributed by atoms with Gasteiger partial charge in [-0.15, -0.1) is 0 Å². The molecule has 1 heterocycles. The number of phenolic OH excluding ortho intramolecular Hbond substituents is 1. The number of nitrogens with zero attached hydrogens (tertiary/aromatic N) is 2. The smallest absolute Gasteiger partial charge is 0.255 e. The van der Waals surface area contributed by atoms with E-state index in [4.69, 9.17) is 5.73 Å². The number of hydrogen-bond donors (Lipinski definition) is 6. The highest BCUT2D eigenvalue weighted by molar-refractivity contribution is 6.24. The number of nitrogens with two attached hydrogens (primary N) is 1. The number of likely N-dealkylation sites (N-methyl/N-ethyl adjacent to an activating group) is 1. The summed E-state index contributed by atoms with van der Waals surface area (Å²) in [6.07, 6.45) is 1.13. The van der Waals surface area contributed by atoms with E-state index < -0.39 is 69.6 Å². The number of primary amides is 1. The lowest BCUT2D eigenvalue weighted by molar-refractivity contribution is -0.148. The van der Waals surface area contributed by atoms with Crippen LogP contribution in [0, 0.1) is 17.7 Å². The number of amides is 2. The minimum Gasteiger partial charge on any atom is -0.510 e. The summed E-state index contributed by atoms with van der Waals surface area (Å²) in [5.74, 6) is -8.54. The molecule has 0 aromatic heterocycles. The highest BCUT2D eigenvalue weighted by Crippen LogP contribution is 2.52. The normalized spacial score (nSPS) is 28.5. The Labute approximate surface area is 241 Å². The van der Waals surface area contributed by atoms with Crippen LogP contribution >= 0.6 is 0 Å². The maximum Gasteiger partial charge on any atom is 0.255 e. The fourth-order valence-corrected chi connectivity index (χ4v) is 7.23. The molecule has 0 radical (unpaired) electrons. The van der Waals surface area contributed by atoms with Crippen LogP contribution in [0.15, 0.2) is 28.7 Å². The number of aliphatic hydroxyl groups excluding tert-OH is 2. The Kier molecular flexibility index (Phi) is 7.40. The molecule has 1 saturated heterocycles. The number of Topliss-reactive ketones (excluding diaryl/α,β-unsaturated/α-hetero) is 2. The zero-order chi connectivity index (χ0) is 30.8. The molecular weight excluding hydrogens is 551 g/mol. The number of halogens is 1. The Bertz CT molecular complexity index is 1460. The first-order chi connectivity index (χ1) is 19.7. The second kappa shape index (κ2) is 10.5. The quantitative estimate of drug-likeness (QED) is 0.262. The largest absolute Gasteiger partial charge is 0.510 e. The fraction of sp³-hybridized carbons (Fsp3) is 0.517. The maximum atomic E-state index is 16.0. The molecule has 0 unspecified atom stereocenters. The van der Waals surface area contributed by atoms with E-state index >= 15 is 4.39 Å². The van der Waals surface area contributed by atoms with Crippen molar-refractivity contribution in [2.75, 3.05) is 27.2 Å². The van der Waals surface area contributed by atoms with Crippen LogP contribution in [0.3, 0.4) is 0 Å². The molecule has 2 amide bonds. The van der Waals surface area contributed by atoms with Gasteiger partial charge < -0.3 is 31.5 Å². The van der Waals surface area contributed by atoms with Gasteiger partial charge in [-0.25, -0.2) is 4.39 Å². The van der Waals surface area contributed by atoms with Gasteiger partial charge in [-0.3, -0.25) is 29.0 Å². The van der Waals surface area contributed by atoms with Gasteiger partial charge in [0.05, 0.1) is 11.6 Å². The van der Waals surface area contributed by atoms with E-state index in [1.165, 1.54) is 32.0 Å². The number of hydrogen-bond acceptors (Lipinski definition) is 10. The molecule has 13 heteroatoms. The van der Waals surface area contributed by atoms with E-state index in [-0.39, 0.29) is 53.6 Å². The Morgan fingerprint density at radius 2 is 1.83 bits per heavy atom. The molecule has 42 heavy (non-hydrogen) atoms. The first-order valence-electron chi connectivity index (χ1n) is 13.9. The van der Waals surface area contributed by atoms with Crippen LogP contribution in [0.2, 0.25) is 0 Å². The summed E-state index contributed by atoms with van der Waals surface area (Å²) in [5, 5.41) is 47.6. The van der Waals surface area contributed by atoms with E-state index in [0.29, 0.717) is 25.9 Å². The van der Waals surface area contributed by atoms with Crippen LogP contribution in [-0.2, 0) is 27.3 Å². The monoisotopic (exact) mass is 586 g/mol. The van der Waals surface area contributed by atoms with Gasteiger partial charge in [-0.1, -0.05) is 0 Å². The molecule has 1 fully saturated rings. The number of fused-ring (bicyclic) bond motifs is 3. The number of ketones is 2. The lowest BCUT2D eigenvalue weighted by Gasteiger charge is -2.50. The number of rotatable bonds is 5. The number of benzene rings is 1. The van der Waals surface area contributed by atoms with Gasteiger partial charge in [0.25, 0.3) is 5.91 Å². The molecule has 1 aliphatic heterocycles. The number of nitrogens with one attached hydrogen (secondary N) is 1. The highest BCUT2D eigenvalue weighted by Gasteiger charge is 2.63. The topological polar surface area (TPSA) is 194 Å². The summed E-state index contributed by atoms with van der Waals surface area (Å²) in [7, 11) is 3.08. The number of likely N-dealkylation sites (tertiary alicyclic amines) is 1. The number of allylic oxidation sites excluding steroid dienone is 1. The number of phenols is 1. The third kappa shape index (κ3) is 4.46. The van der Waals surface area contributed by atoms with Crippen molar-refractivity contribution < 1.29 is 44.0 Å². The van der Waals surface area contributed by atoms with E-state index in [9.17, 15) is 39.6 Å². The molecule has 226 valence electrons. The Hall–Kier alpha value is -3.81. The van der Waals surface area contributed by atoms with Crippen LogP contribution in [0.4, 0.5) is 4.39 Å². The SMILES string of the molecule is CC(=O)NC1CCN(Cc2cc(O)c3c(c2F)C[C@H]2C[C@H]4[C@H](N(C)C)C(O)=C(C(N)=O)C(=O)[C@@]4(O)C(O)=C2C3=O)CC1. The van der Waals surface area contributed by atoms with Crippen molar-refractivity contribution in [3.05, 3.63) is 51.2 Å². The zero-order valence-electron chi connectivity index (χ0n) is 23.6. The van der Waals surface area contributed by atoms with Gasteiger partial charge >= 0.3 is 0 Å². The molecule has 4 aliphatic rings. The predicted octanol–water partition coefficient (Wildman–Crippen LogP) is 0.360. The van der Waals surface area contributed by atoms with E-state index in [0.717, 1.165) is 0 Å². The van der Waals surface area contributed by atoms with Crippen molar-refractivity contribution >= 4 is 23.4 Å². The average Bonchev–Trinajstić information content (AvgIpc) is 2.89. The lowest BCUT2D eigenvalue weighted by atomic mass is 9.58. The van der Waals surface area contributed by atoms with Crippen molar-refractivity contribution in [3.8, 4) is 5.75 Å². The first-order valence-corrected chi connectivity index (χ1v) is 13.9. The van der Waals surface area contributed by atoms with Gasteiger partial charge in [-0.2, -0.15) is 0 Å². The molecule has 7 N–H and O–H groups in total. The van der Waals surface area contributed by atoms with Gasteiger partial charge in [0.15, 0.2) is 11.4 Å². The molecule has 5 rings (SSSR count). The molecule has 3 aliphatic carbocycles. The summed E-state index contributed by atoms with van der Waals surface area (Å²) in [6.45, 7) is 2.81. The summed E-state index contributed by atoms with van der Waals surface area (Å²) in [5.41, 5.74) is 1.16. The second-order valence-corrected chi connectivity index (χ2v) is 11.9. The van der Waals surface area contributed by atoms with E-state index in [1.54, 1.807) is 0 Å².